The first-order chi connectivity index (χ1) is 15.1. The molecule has 1 unspecified atom stereocenters. The lowest BCUT2D eigenvalue weighted by atomic mass is 10.1. The number of hydrogen-bond acceptors (Lipinski definition) is 6. The van der Waals surface area contributed by atoms with E-state index in [9.17, 15) is 4.79 Å². The molecule has 1 aromatic heterocycles. The molecule has 1 aromatic carbocycles. The minimum absolute atomic E-state index is 0.0981. The van der Waals surface area contributed by atoms with Crippen molar-refractivity contribution in [1.29, 1.82) is 0 Å². The lowest BCUT2D eigenvalue weighted by Crippen LogP contribution is -2.44. The summed E-state index contributed by atoms with van der Waals surface area (Å²) in [6.45, 7) is 8.18. The topological polar surface area (TPSA) is 70.1 Å². The molecule has 1 amide bonds. The number of amides is 1. The van der Waals surface area contributed by atoms with Crippen molar-refractivity contribution < 1.29 is 23.7 Å². The number of carbonyl (C=O) groups is 1. The van der Waals surface area contributed by atoms with E-state index in [0.717, 1.165) is 12.8 Å². The summed E-state index contributed by atoms with van der Waals surface area (Å²) >= 11 is 6.17. The highest BCUT2D eigenvalue weighted by Crippen LogP contribution is 2.39. The molecule has 0 aliphatic carbocycles. The molecule has 1 saturated heterocycles. The molecule has 0 saturated carbocycles. The van der Waals surface area contributed by atoms with Gasteiger partial charge in [-0.3, -0.25) is 9.78 Å². The molecule has 7 nitrogen and oxygen atoms in total. The Morgan fingerprint density at radius 2 is 1.77 bits per heavy atom. The van der Waals surface area contributed by atoms with Gasteiger partial charge in [0.05, 0.1) is 26.4 Å². The van der Waals surface area contributed by atoms with Gasteiger partial charge in [-0.2, -0.15) is 0 Å². The predicted molar refractivity (Wildman–Crippen MR) is 119 cm³/mol. The molecular formula is C23H29ClN2O5. The van der Waals surface area contributed by atoms with Crippen LogP contribution < -0.4 is 18.9 Å². The van der Waals surface area contributed by atoms with Gasteiger partial charge in [-0.1, -0.05) is 11.6 Å². The maximum Gasteiger partial charge on any atom is 0.254 e. The van der Waals surface area contributed by atoms with E-state index >= 15 is 0 Å². The van der Waals surface area contributed by atoms with E-state index in [0.29, 0.717) is 66.5 Å². The summed E-state index contributed by atoms with van der Waals surface area (Å²) in [5, 5.41) is 0.458. The molecule has 0 N–H and O–H groups in total. The number of likely N-dealkylation sites (tertiary alicyclic amines) is 1. The van der Waals surface area contributed by atoms with Crippen molar-refractivity contribution in [3.63, 3.8) is 0 Å². The Balaban J connectivity index is 1.81. The quantitative estimate of drug-likeness (QED) is 0.557. The summed E-state index contributed by atoms with van der Waals surface area (Å²) in [6, 6.07) is 5.19. The number of aromatic nitrogens is 1. The highest BCUT2D eigenvalue weighted by Gasteiger charge is 2.28. The number of nitrogens with zero attached hydrogens (tertiary/aromatic N) is 2. The van der Waals surface area contributed by atoms with Crippen molar-refractivity contribution in [3.05, 3.63) is 41.2 Å². The highest BCUT2D eigenvalue weighted by molar-refractivity contribution is 6.31. The monoisotopic (exact) mass is 448 g/mol. The van der Waals surface area contributed by atoms with Gasteiger partial charge in [0.1, 0.15) is 16.9 Å². The zero-order valence-corrected chi connectivity index (χ0v) is 19.0. The fourth-order valence-corrected chi connectivity index (χ4v) is 3.72. The van der Waals surface area contributed by atoms with E-state index in [1.165, 1.54) is 0 Å². The first-order valence-corrected chi connectivity index (χ1v) is 11.1. The standard InChI is InChI=1S/C23H29ClN2O5/c1-4-28-20-12-16(13-21(29-5-2)22(20)30-6-3)23(27)26-11-7-8-17(15-26)31-19-9-10-25-14-18(19)24/h9-10,12-14,17H,4-8,11,15H2,1-3H3. The number of hydrogen-bond donors (Lipinski definition) is 0. The molecule has 1 aliphatic rings. The van der Waals surface area contributed by atoms with Crippen LogP contribution in [0.4, 0.5) is 0 Å². The van der Waals surface area contributed by atoms with Crippen molar-refractivity contribution in [2.24, 2.45) is 0 Å². The van der Waals surface area contributed by atoms with E-state index < -0.39 is 0 Å². The Morgan fingerprint density at radius 3 is 2.39 bits per heavy atom. The van der Waals surface area contributed by atoms with E-state index in [-0.39, 0.29) is 12.0 Å². The summed E-state index contributed by atoms with van der Waals surface area (Å²) in [5.74, 6) is 2.02. The van der Waals surface area contributed by atoms with Crippen LogP contribution in [0.3, 0.4) is 0 Å². The maximum atomic E-state index is 13.3. The third-order valence-electron chi connectivity index (χ3n) is 4.85. The highest BCUT2D eigenvalue weighted by atomic mass is 35.5. The molecule has 2 heterocycles. The molecule has 1 aliphatic heterocycles. The third kappa shape index (κ3) is 5.73. The first-order valence-electron chi connectivity index (χ1n) is 10.7. The molecule has 31 heavy (non-hydrogen) atoms. The van der Waals surface area contributed by atoms with Gasteiger partial charge in [0.15, 0.2) is 11.5 Å². The van der Waals surface area contributed by atoms with Crippen molar-refractivity contribution in [3.8, 4) is 23.0 Å². The van der Waals surface area contributed by atoms with Crippen LogP contribution in [0.15, 0.2) is 30.6 Å². The third-order valence-corrected chi connectivity index (χ3v) is 5.13. The molecular weight excluding hydrogens is 420 g/mol. The van der Waals surface area contributed by atoms with Gasteiger partial charge in [-0.05, 0) is 45.7 Å². The molecule has 8 heteroatoms. The fourth-order valence-electron chi connectivity index (χ4n) is 3.55. The average molecular weight is 449 g/mol. The number of benzene rings is 1. The second kappa shape index (κ2) is 11.1. The van der Waals surface area contributed by atoms with Gasteiger partial charge in [-0.15, -0.1) is 0 Å². The fraction of sp³-hybridized carbons (Fsp3) is 0.478. The van der Waals surface area contributed by atoms with Gasteiger partial charge in [-0.25, -0.2) is 0 Å². The summed E-state index contributed by atoms with van der Waals surface area (Å²) in [7, 11) is 0. The molecule has 1 fully saturated rings. The van der Waals surface area contributed by atoms with E-state index in [1.54, 1.807) is 35.5 Å². The van der Waals surface area contributed by atoms with E-state index in [1.807, 2.05) is 20.8 Å². The van der Waals surface area contributed by atoms with E-state index in [2.05, 4.69) is 4.98 Å². The van der Waals surface area contributed by atoms with Crippen LogP contribution in [0.1, 0.15) is 44.0 Å². The molecule has 0 spiro atoms. The Kier molecular flexibility index (Phi) is 8.23. The van der Waals surface area contributed by atoms with Gasteiger partial charge in [0.25, 0.3) is 5.91 Å². The lowest BCUT2D eigenvalue weighted by molar-refractivity contribution is 0.0537. The van der Waals surface area contributed by atoms with Gasteiger partial charge in [0.2, 0.25) is 5.75 Å². The minimum atomic E-state index is -0.141. The molecule has 0 radical (unpaired) electrons. The first kappa shape index (κ1) is 23.0. The predicted octanol–water partition coefficient (Wildman–Crippen LogP) is 4.61. The van der Waals surface area contributed by atoms with Crippen molar-refractivity contribution in [2.45, 2.75) is 39.7 Å². The summed E-state index contributed by atoms with van der Waals surface area (Å²) in [4.78, 5) is 19.1. The molecule has 3 rings (SSSR count). The molecule has 2 aromatic rings. The van der Waals surface area contributed by atoms with Gasteiger partial charge in [0, 0.05) is 30.6 Å². The Labute approximate surface area is 188 Å². The largest absolute Gasteiger partial charge is 0.490 e. The second-order valence-corrected chi connectivity index (χ2v) is 7.45. The van der Waals surface area contributed by atoms with Crippen LogP contribution in [0, 0.1) is 0 Å². The number of ether oxygens (including phenoxy) is 4. The number of pyridine rings is 1. The van der Waals surface area contributed by atoms with Crippen LogP contribution in [0.25, 0.3) is 0 Å². The Bertz CT molecular complexity index is 865. The minimum Gasteiger partial charge on any atom is -0.490 e. The molecule has 0 bridgehead atoms. The average Bonchev–Trinajstić information content (AvgIpc) is 2.77. The summed E-state index contributed by atoms with van der Waals surface area (Å²) in [5.41, 5.74) is 0.498. The zero-order chi connectivity index (χ0) is 22.2. The van der Waals surface area contributed by atoms with Crippen molar-refractivity contribution >= 4 is 17.5 Å². The van der Waals surface area contributed by atoms with Crippen molar-refractivity contribution in [2.75, 3.05) is 32.9 Å². The number of halogens is 1. The second-order valence-electron chi connectivity index (χ2n) is 7.04. The maximum absolute atomic E-state index is 13.3. The number of carbonyl (C=O) groups excluding carboxylic acids is 1. The van der Waals surface area contributed by atoms with Crippen molar-refractivity contribution in [1.82, 2.24) is 9.88 Å². The smallest absolute Gasteiger partial charge is 0.254 e. The van der Waals surface area contributed by atoms with Crippen LogP contribution in [0.5, 0.6) is 23.0 Å². The van der Waals surface area contributed by atoms with Crippen LogP contribution in [0.2, 0.25) is 5.02 Å². The van der Waals surface area contributed by atoms with Crippen LogP contribution >= 0.6 is 11.6 Å². The Hall–Kier alpha value is -2.67. The van der Waals surface area contributed by atoms with Gasteiger partial charge >= 0.3 is 0 Å². The summed E-state index contributed by atoms with van der Waals surface area (Å²) < 4.78 is 23.3. The van der Waals surface area contributed by atoms with E-state index in [4.69, 9.17) is 30.5 Å². The van der Waals surface area contributed by atoms with Crippen LogP contribution in [-0.2, 0) is 0 Å². The van der Waals surface area contributed by atoms with Gasteiger partial charge < -0.3 is 23.8 Å². The van der Waals surface area contributed by atoms with Crippen LogP contribution in [-0.4, -0.2) is 54.8 Å². The SMILES string of the molecule is CCOc1cc(C(=O)N2CCCC(Oc3ccncc3Cl)C2)cc(OCC)c1OCC. The normalized spacial score (nSPS) is 16.0. The summed E-state index contributed by atoms with van der Waals surface area (Å²) in [6.07, 6.45) is 4.73. The number of rotatable bonds is 9. The zero-order valence-electron chi connectivity index (χ0n) is 18.2. The lowest BCUT2D eigenvalue weighted by Gasteiger charge is -2.33. The Morgan fingerprint density at radius 1 is 1.10 bits per heavy atom. The number of piperidine rings is 1. The molecule has 1 atom stereocenters. The molecule has 168 valence electrons.